The van der Waals surface area contributed by atoms with Crippen molar-refractivity contribution in [2.45, 2.75) is 13.0 Å². The quantitative estimate of drug-likeness (QED) is 0.696. The van der Waals surface area contributed by atoms with Crippen molar-refractivity contribution in [3.8, 4) is 5.75 Å². The third kappa shape index (κ3) is 6.25. The number of benzene rings is 1. The lowest BCUT2D eigenvalue weighted by Crippen LogP contribution is -2.24. The highest BCUT2D eigenvalue weighted by Crippen LogP contribution is 2.12. The van der Waals surface area contributed by atoms with Crippen molar-refractivity contribution < 1.29 is 13.2 Å². The van der Waals surface area contributed by atoms with E-state index < -0.39 is 10.0 Å². The van der Waals surface area contributed by atoms with Crippen LogP contribution in [0.15, 0.2) is 24.3 Å². The van der Waals surface area contributed by atoms with E-state index in [1.807, 2.05) is 24.3 Å². The summed E-state index contributed by atoms with van der Waals surface area (Å²) >= 11 is 0. The van der Waals surface area contributed by atoms with Crippen LogP contribution in [0.25, 0.3) is 0 Å². The van der Waals surface area contributed by atoms with Gasteiger partial charge in [-0.1, -0.05) is 12.1 Å². The molecule has 1 aromatic rings. The van der Waals surface area contributed by atoms with Gasteiger partial charge in [-0.2, -0.15) is 0 Å². The van der Waals surface area contributed by atoms with Crippen LogP contribution < -0.4 is 15.2 Å². The van der Waals surface area contributed by atoms with E-state index in [2.05, 4.69) is 4.72 Å². The summed E-state index contributed by atoms with van der Waals surface area (Å²) in [5.41, 5.74) is 6.52. The molecule has 0 heterocycles. The Hall–Kier alpha value is -1.11. The maximum atomic E-state index is 10.8. The largest absolute Gasteiger partial charge is 0.494 e. The fourth-order valence-corrected chi connectivity index (χ4v) is 1.80. The molecule has 0 unspecified atom stereocenters. The Kier molecular flexibility index (Phi) is 5.40. The lowest BCUT2D eigenvalue weighted by atomic mass is 10.2. The topological polar surface area (TPSA) is 81.4 Å². The van der Waals surface area contributed by atoms with Crippen LogP contribution in [-0.4, -0.2) is 27.8 Å². The van der Waals surface area contributed by atoms with Crippen LogP contribution in [0.1, 0.15) is 12.0 Å². The van der Waals surface area contributed by atoms with Gasteiger partial charge in [0.05, 0.1) is 12.9 Å². The molecule has 0 aliphatic rings. The number of nitrogens with two attached hydrogens (primary N) is 1. The summed E-state index contributed by atoms with van der Waals surface area (Å²) in [5.74, 6) is 0.757. The van der Waals surface area contributed by atoms with E-state index in [0.717, 1.165) is 17.6 Å². The first kappa shape index (κ1) is 14.0. The molecule has 0 aliphatic carbocycles. The van der Waals surface area contributed by atoms with Gasteiger partial charge in [0, 0.05) is 13.1 Å². The molecule has 0 aliphatic heterocycles. The summed E-state index contributed by atoms with van der Waals surface area (Å²) in [7, 11) is -3.10. The minimum absolute atomic E-state index is 0.384. The van der Waals surface area contributed by atoms with E-state index in [4.69, 9.17) is 10.5 Å². The SMILES string of the molecule is CS(=O)(=O)NCCCOc1cccc(CN)c1. The molecule has 96 valence electrons. The van der Waals surface area contributed by atoms with Crippen LogP contribution >= 0.6 is 0 Å². The average Bonchev–Trinajstić information content (AvgIpc) is 2.27. The second-order valence-electron chi connectivity index (χ2n) is 3.72. The first-order chi connectivity index (χ1) is 8.01. The second kappa shape index (κ2) is 6.58. The molecule has 0 saturated heterocycles. The molecule has 1 aromatic carbocycles. The highest BCUT2D eigenvalue weighted by molar-refractivity contribution is 7.88. The molecule has 0 aromatic heterocycles. The van der Waals surface area contributed by atoms with Crippen molar-refractivity contribution in [2.24, 2.45) is 5.73 Å². The molecule has 6 heteroatoms. The first-order valence-corrected chi connectivity index (χ1v) is 7.27. The van der Waals surface area contributed by atoms with Crippen LogP contribution in [0.5, 0.6) is 5.75 Å². The molecule has 0 fully saturated rings. The van der Waals surface area contributed by atoms with E-state index in [-0.39, 0.29) is 0 Å². The van der Waals surface area contributed by atoms with Crippen molar-refractivity contribution in [1.29, 1.82) is 0 Å². The number of hydrogen-bond acceptors (Lipinski definition) is 4. The lowest BCUT2D eigenvalue weighted by Gasteiger charge is -2.07. The molecular weight excluding hydrogens is 240 g/mol. The minimum atomic E-state index is -3.10. The van der Waals surface area contributed by atoms with E-state index in [9.17, 15) is 8.42 Å². The summed E-state index contributed by atoms with van der Waals surface area (Å²) < 4.78 is 29.4. The van der Waals surface area contributed by atoms with Crippen molar-refractivity contribution in [3.05, 3.63) is 29.8 Å². The molecule has 1 rings (SSSR count). The Balaban J connectivity index is 2.26. The van der Waals surface area contributed by atoms with Crippen molar-refractivity contribution >= 4 is 10.0 Å². The van der Waals surface area contributed by atoms with Gasteiger partial charge in [0.2, 0.25) is 10.0 Å². The van der Waals surface area contributed by atoms with Crippen molar-refractivity contribution in [1.82, 2.24) is 4.72 Å². The van der Waals surface area contributed by atoms with Gasteiger partial charge < -0.3 is 10.5 Å². The minimum Gasteiger partial charge on any atom is -0.494 e. The second-order valence-corrected chi connectivity index (χ2v) is 5.55. The van der Waals surface area contributed by atoms with Gasteiger partial charge in [-0.25, -0.2) is 13.1 Å². The van der Waals surface area contributed by atoms with E-state index >= 15 is 0 Å². The monoisotopic (exact) mass is 258 g/mol. The van der Waals surface area contributed by atoms with E-state index in [1.165, 1.54) is 0 Å². The van der Waals surface area contributed by atoms with Gasteiger partial charge in [-0.3, -0.25) is 0 Å². The Morgan fingerprint density at radius 2 is 2.18 bits per heavy atom. The fraction of sp³-hybridized carbons (Fsp3) is 0.455. The predicted octanol–water partition coefficient (Wildman–Crippen LogP) is 0.463. The van der Waals surface area contributed by atoms with Gasteiger partial charge >= 0.3 is 0 Å². The van der Waals surface area contributed by atoms with Crippen LogP contribution in [0.2, 0.25) is 0 Å². The molecule has 0 saturated carbocycles. The maximum Gasteiger partial charge on any atom is 0.208 e. The predicted molar refractivity (Wildman–Crippen MR) is 67.3 cm³/mol. The van der Waals surface area contributed by atoms with Gasteiger partial charge in [-0.15, -0.1) is 0 Å². The molecule has 0 radical (unpaired) electrons. The molecule has 0 spiro atoms. The molecule has 0 atom stereocenters. The third-order valence-corrected chi connectivity index (χ3v) is 2.82. The average molecular weight is 258 g/mol. The zero-order valence-corrected chi connectivity index (χ0v) is 10.7. The van der Waals surface area contributed by atoms with E-state index in [1.54, 1.807) is 0 Å². The lowest BCUT2D eigenvalue weighted by molar-refractivity contribution is 0.311. The van der Waals surface area contributed by atoms with Crippen LogP contribution in [0.3, 0.4) is 0 Å². The van der Waals surface area contributed by atoms with Gasteiger partial charge in [0.25, 0.3) is 0 Å². The number of hydrogen-bond donors (Lipinski definition) is 2. The number of rotatable bonds is 7. The fourth-order valence-electron chi connectivity index (χ4n) is 1.28. The first-order valence-electron chi connectivity index (χ1n) is 5.38. The summed E-state index contributed by atoms with van der Waals surface area (Å²) in [4.78, 5) is 0. The molecule has 5 nitrogen and oxygen atoms in total. The normalized spacial score (nSPS) is 11.4. The third-order valence-electron chi connectivity index (χ3n) is 2.09. The summed E-state index contributed by atoms with van der Waals surface area (Å²) in [6, 6.07) is 7.54. The van der Waals surface area contributed by atoms with Crippen LogP contribution in [0.4, 0.5) is 0 Å². The molecular formula is C11H18N2O3S. The Bertz CT molecular complexity index is 446. The standard InChI is InChI=1S/C11H18N2O3S/c1-17(14,15)13-6-3-7-16-11-5-2-4-10(8-11)9-12/h2,4-5,8,13H,3,6-7,9,12H2,1H3. The van der Waals surface area contributed by atoms with Gasteiger partial charge in [0.1, 0.15) is 5.75 Å². The van der Waals surface area contributed by atoms with Crippen LogP contribution in [0, 0.1) is 0 Å². The summed E-state index contributed by atoms with van der Waals surface area (Å²) in [6.07, 6.45) is 1.76. The summed E-state index contributed by atoms with van der Waals surface area (Å²) in [5, 5.41) is 0. The molecule has 17 heavy (non-hydrogen) atoms. The van der Waals surface area contributed by atoms with Gasteiger partial charge in [-0.05, 0) is 24.1 Å². The Morgan fingerprint density at radius 3 is 2.82 bits per heavy atom. The van der Waals surface area contributed by atoms with Crippen molar-refractivity contribution in [2.75, 3.05) is 19.4 Å². The van der Waals surface area contributed by atoms with Crippen LogP contribution in [-0.2, 0) is 16.6 Å². The number of nitrogens with one attached hydrogen (secondary N) is 1. The highest BCUT2D eigenvalue weighted by atomic mass is 32.2. The van der Waals surface area contributed by atoms with E-state index in [0.29, 0.717) is 26.1 Å². The van der Waals surface area contributed by atoms with Crippen molar-refractivity contribution in [3.63, 3.8) is 0 Å². The van der Waals surface area contributed by atoms with Gasteiger partial charge in [0.15, 0.2) is 0 Å². The molecule has 0 amide bonds. The highest BCUT2D eigenvalue weighted by Gasteiger charge is 1.99. The Morgan fingerprint density at radius 1 is 1.41 bits per heavy atom. The molecule has 3 N–H and O–H groups in total. The maximum absolute atomic E-state index is 10.8. The number of ether oxygens (including phenoxy) is 1. The zero-order valence-electron chi connectivity index (χ0n) is 9.85. The number of sulfonamides is 1. The zero-order chi connectivity index (χ0) is 12.7. The summed E-state index contributed by atoms with van der Waals surface area (Å²) in [6.45, 7) is 1.33. The smallest absolute Gasteiger partial charge is 0.208 e. The Labute approximate surface area is 102 Å². The molecule has 0 bridgehead atoms.